The lowest BCUT2D eigenvalue weighted by Gasteiger charge is -2.15. The van der Waals surface area contributed by atoms with E-state index >= 15 is 0 Å². The first kappa shape index (κ1) is 19.6. The molecule has 1 aliphatic rings. The first-order valence-corrected chi connectivity index (χ1v) is 9.86. The maximum absolute atomic E-state index is 12.6. The van der Waals surface area contributed by atoms with Gasteiger partial charge in [-0.3, -0.25) is 14.4 Å². The van der Waals surface area contributed by atoms with E-state index in [2.05, 4.69) is 15.6 Å². The molecule has 2 heterocycles. The van der Waals surface area contributed by atoms with Crippen LogP contribution in [0.15, 0.2) is 66.1 Å². The van der Waals surface area contributed by atoms with Gasteiger partial charge in [0.25, 0.3) is 11.8 Å². The molecule has 0 spiro atoms. The topological polar surface area (TPSA) is 98.0 Å². The zero-order chi connectivity index (χ0) is 21.1. The van der Waals surface area contributed by atoms with Crippen molar-refractivity contribution in [3.8, 4) is 5.69 Å². The van der Waals surface area contributed by atoms with Crippen molar-refractivity contribution >= 4 is 11.8 Å². The third kappa shape index (κ3) is 4.32. The number of pyridine rings is 1. The lowest BCUT2D eigenvalue weighted by atomic mass is 10.1. The van der Waals surface area contributed by atoms with Crippen molar-refractivity contribution in [3.05, 3.63) is 82.8 Å². The van der Waals surface area contributed by atoms with E-state index in [4.69, 9.17) is 0 Å². The van der Waals surface area contributed by atoms with E-state index in [0.717, 1.165) is 18.5 Å². The average Bonchev–Trinajstić information content (AvgIpc) is 3.42. The summed E-state index contributed by atoms with van der Waals surface area (Å²) in [5.41, 5.74) is 1.82. The summed E-state index contributed by atoms with van der Waals surface area (Å²) in [6.07, 6.45) is 9.05. The van der Waals surface area contributed by atoms with Crippen LogP contribution in [0.3, 0.4) is 0 Å². The molecule has 0 radical (unpaired) electrons. The highest BCUT2D eigenvalue weighted by molar-refractivity contribution is 5.95. The van der Waals surface area contributed by atoms with Crippen molar-refractivity contribution in [2.75, 3.05) is 0 Å². The van der Waals surface area contributed by atoms with Gasteiger partial charge in [-0.25, -0.2) is 4.98 Å². The van der Waals surface area contributed by atoms with E-state index in [-0.39, 0.29) is 29.5 Å². The van der Waals surface area contributed by atoms with E-state index < -0.39 is 0 Å². The zero-order valence-electron chi connectivity index (χ0n) is 16.6. The Kier molecular flexibility index (Phi) is 5.47. The van der Waals surface area contributed by atoms with Crippen molar-refractivity contribution < 1.29 is 9.59 Å². The smallest absolute Gasteiger partial charge is 0.252 e. The maximum Gasteiger partial charge on any atom is 0.252 e. The summed E-state index contributed by atoms with van der Waals surface area (Å²) in [6, 6.07) is 10.2. The van der Waals surface area contributed by atoms with Crippen molar-refractivity contribution in [2.24, 2.45) is 7.05 Å². The molecule has 0 bridgehead atoms. The number of amides is 2. The molecular weight excluding hydrogens is 382 g/mol. The molecule has 1 aliphatic carbocycles. The molecule has 0 aliphatic heterocycles. The molecular formula is C22H23N5O3. The quantitative estimate of drug-likeness (QED) is 0.674. The molecule has 2 amide bonds. The molecule has 154 valence electrons. The third-order valence-corrected chi connectivity index (χ3v) is 5.38. The molecule has 2 N–H and O–H groups in total. The van der Waals surface area contributed by atoms with Gasteiger partial charge in [0.15, 0.2) is 0 Å². The minimum atomic E-state index is -0.210. The lowest BCUT2D eigenvalue weighted by molar-refractivity contribution is 0.0936. The third-order valence-electron chi connectivity index (χ3n) is 5.38. The summed E-state index contributed by atoms with van der Waals surface area (Å²) < 4.78 is 3.25. The van der Waals surface area contributed by atoms with Gasteiger partial charge >= 0.3 is 0 Å². The van der Waals surface area contributed by atoms with Gasteiger partial charge in [0.1, 0.15) is 0 Å². The molecule has 8 nitrogen and oxygen atoms in total. The molecule has 8 heteroatoms. The van der Waals surface area contributed by atoms with E-state index in [1.165, 1.54) is 22.9 Å². The Morgan fingerprint density at radius 2 is 1.60 bits per heavy atom. The second-order valence-electron chi connectivity index (χ2n) is 7.54. The fourth-order valence-corrected chi connectivity index (χ4v) is 3.71. The molecule has 3 aromatic rings. The van der Waals surface area contributed by atoms with Crippen LogP contribution in [0.25, 0.3) is 5.69 Å². The second-order valence-corrected chi connectivity index (χ2v) is 7.54. The molecule has 1 aromatic carbocycles. The number of aromatic nitrogens is 3. The van der Waals surface area contributed by atoms with E-state index in [0.29, 0.717) is 17.5 Å². The van der Waals surface area contributed by atoms with Gasteiger partial charge in [-0.2, -0.15) is 0 Å². The number of hydrogen-bond donors (Lipinski definition) is 2. The number of hydrogen-bond acceptors (Lipinski definition) is 4. The fourth-order valence-electron chi connectivity index (χ4n) is 3.71. The summed E-state index contributed by atoms with van der Waals surface area (Å²) >= 11 is 0. The number of imidazole rings is 1. The summed E-state index contributed by atoms with van der Waals surface area (Å²) in [5, 5.41) is 6.05. The van der Waals surface area contributed by atoms with Gasteiger partial charge in [-0.1, -0.05) is 0 Å². The number of benzene rings is 1. The van der Waals surface area contributed by atoms with Crippen LogP contribution >= 0.6 is 0 Å². The van der Waals surface area contributed by atoms with Crippen molar-refractivity contribution in [3.63, 3.8) is 0 Å². The Morgan fingerprint density at radius 1 is 0.967 bits per heavy atom. The molecule has 4 rings (SSSR count). The first-order valence-electron chi connectivity index (χ1n) is 9.86. The SMILES string of the molecule is Cn1cc(C(=O)N[C@H]2CC[C@@H](NC(=O)c3ccc(-n4ccnc4)cc3)C2)ccc1=O. The predicted molar refractivity (Wildman–Crippen MR) is 112 cm³/mol. The van der Waals surface area contributed by atoms with Gasteiger partial charge in [-0.15, -0.1) is 0 Å². The van der Waals surface area contributed by atoms with Crippen LogP contribution in [0.4, 0.5) is 0 Å². The van der Waals surface area contributed by atoms with Crippen LogP contribution in [-0.4, -0.2) is 38.0 Å². The highest BCUT2D eigenvalue weighted by Crippen LogP contribution is 2.20. The van der Waals surface area contributed by atoms with E-state index in [1.54, 1.807) is 31.7 Å². The fraction of sp³-hybridized carbons (Fsp3) is 0.273. The molecule has 1 fully saturated rings. The Morgan fingerprint density at radius 3 is 2.20 bits per heavy atom. The number of carbonyl (C=O) groups excluding carboxylic acids is 2. The van der Waals surface area contributed by atoms with Crippen LogP contribution < -0.4 is 16.2 Å². The molecule has 30 heavy (non-hydrogen) atoms. The Bertz CT molecular complexity index is 1100. The van der Waals surface area contributed by atoms with Crippen LogP contribution in [-0.2, 0) is 7.05 Å². The minimum absolute atomic E-state index is 0.0104. The largest absolute Gasteiger partial charge is 0.349 e. The minimum Gasteiger partial charge on any atom is -0.349 e. The van der Waals surface area contributed by atoms with E-state index in [1.807, 2.05) is 22.9 Å². The predicted octanol–water partition coefficient (Wildman–Crippen LogP) is 1.65. The van der Waals surface area contributed by atoms with Crippen LogP contribution in [0.1, 0.15) is 40.0 Å². The molecule has 1 saturated carbocycles. The second kappa shape index (κ2) is 8.36. The molecule has 2 atom stereocenters. The number of nitrogens with zero attached hydrogens (tertiary/aromatic N) is 3. The van der Waals surface area contributed by atoms with Gasteiger partial charge in [-0.05, 0) is 49.6 Å². The first-order chi connectivity index (χ1) is 14.5. The van der Waals surface area contributed by atoms with Crippen molar-refractivity contribution in [1.29, 1.82) is 0 Å². The maximum atomic E-state index is 12.6. The lowest BCUT2D eigenvalue weighted by Crippen LogP contribution is -2.37. The Balaban J connectivity index is 1.31. The summed E-state index contributed by atoms with van der Waals surface area (Å²) in [6.45, 7) is 0. The highest BCUT2D eigenvalue weighted by atomic mass is 16.2. The molecule has 0 unspecified atom stereocenters. The average molecular weight is 405 g/mol. The summed E-state index contributed by atoms with van der Waals surface area (Å²) in [5.74, 6) is -0.333. The number of nitrogens with one attached hydrogen (secondary N) is 2. The van der Waals surface area contributed by atoms with Crippen LogP contribution in [0.5, 0.6) is 0 Å². The van der Waals surface area contributed by atoms with Gasteiger partial charge in [0.05, 0.1) is 11.9 Å². The van der Waals surface area contributed by atoms with E-state index in [9.17, 15) is 14.4 Å². The number of aryl methyl sites for hydroxylation is 1. The van der Waals surface area contributed by atoms with Gasteiger partial charge in [0, 0.05) is 55.0 Å². The van der Waals surface area contributed by atoms with Crippen LogP contribution in [0, 0.1) is 0 Å². The Labute approximate surface area is 173 Å². The van der Waals surface area contributed by atoms with Gasteiger partial charge in [0.2, 0.25) is 5.56 Å². The molecule has 0 saturated heterocycles. The number of rotatable bonds is 5. The van der Waals surface area contributed by atoms with Gasteiger partial charge < -0.3 is 19.8 Å². The van der Waals surface area contributed by atoms with Crippen LogP contribution in [0.2, 0.25) is 0 Å². The zero-order valence-corrected chi connectivity index (χ0v) is 16.6. The molecule has 2 aromatic heterocycles. The normalized spacial score (nSPS) is 18.2. The highest BCUT2D eigenvalue weighted by Gasteiger charge is 2.27. The van der Waals surface area contributed by atoms with Crippen molar-refractivity contribution in [2.45, 2.75) is 31.3 Å². The van der Waals surface area contributed by atoms with Crippen molar-refractivity contribution in [1.82, 2.24) is 24.8 Å². The summed E-state index contributed by atoms with van der Waals surface area (Å²) in [7, 11) is 1.61. The Hall–Kier alpha value is -3.68. The number of carbonyl (C=O) groups is 2. The monoisotopic (exact) mass is 405 g/mol. The standard InChI is InChI=1S/C22H23N5O3/c1-26-13-16(4-9-20(26)28)22(30)25-18-6-5-17(12-18)24-21(29)15-2-7-19(8-3-15)27-11-10-23-14-27/h2-4,7-11,13-14,17-18H,5-6,12H2,1H3,(H,24,29)(H,25,30)/t17-,18+/m1/s1. The summed E-state index contributed by atoms with van der Waals surface area (Å²) in [4.78, 5) is 40.5.